The van der Waals surface area contributed by atoms with Gasteiger partial charge in [0.1, 0.15) is 5.69 Å². The van der Waals surface area contributed by atoms with Crippen molar-refractivity contribution in [2.24, 2.45) is 0 Å². The molecule has 1 aliphatic heterocycles. The maximum absolute atomic E-state index is 13.8. The van der Waals surface area contributed by atoms with Crippen molar-refractivity contribution in [1.82, 2.24) is 14.9 Å². The number of aromatic nitrogens is 2. The Balaban J connectivity index is 1.64. The molecule has 27 heavy (non-hydrogen) atoms. The molecule has 3 rings (SSSR count). The molecule has 0 radical (unpaired) electrons. The minimum atomic E-state index is -4.50. The highest BCUT2D eigenvalue weighted by atomic mass is 19.4. The number of likely N-dealkylation sites (tertiary alicyclic amines) is 1. The minimum absolute atomic E-state index is 0.0171. The van der Waals surface area contributed by atoms with Crippen molar-refractivity contribution in [3.63, 3.8) is 0 Å². The SMILES string of the molecule is COc1ccc(CN2CCC(N(C)c3nccc(C(F)(F)F)n3)C2)cc1F. The summed E-state index contributed by atoms with van der Waals surface area (Å²) in [6.45, 7) is 1.93. The summed E-state index contributed by atoms with van der Waals surface area (Å²) in [5.41, 5.74) is -0.144. The van der Waals surface area contributed by atoms with Crippen molar-refractivity contribution in [3.05, 3.63) is 47.5 Å². The second-order valence-electron chi connectivity index (χ2n) is 6.50. The Labute approximate surface area is 154 Å². The van der Waals surface area contributed by atoms with Gasteiger partial charge in [0.25, 0.3) is 0 Å². The number of halogens is 4. The lowest BCUT2D eigenvalue weighted by atomic mass is 10.2. The predicted molar refractivity (Wildman–Crippen MR) is 92.1 cm³/mol. The van der Waals surface area contributed by atoms with Crippen LogP contribution in [-0.2, 0) is 12.7 Å². The molecule has 1 saturated heterocycles. The van der Waals surface area contributed by atoms with Crippen LogP contribution in [0.5, 0.6) is 5.75 Å². The number of hydrogen-bond donors (Lipinski definition) is 0. The molecule has 5 nitrogen and oxygen atoms in total. The largest absolute Gasteiger partial charge is 0.494 e. The van der Waals surface area contributed by atoms with Gasteiger partial charge in [-0.2, -0.15) is 13.2 Å². The van der Waals surface area contributed by atoms with Crippen molar-refractivity contribution < 1.29 is 22.3 Å². The molecule has 0 bridgehead atoms. The fourth-order valence-electron chi connectivity index (χ4n) is 3.18. The monoisotopic (exact) mass is 384 g/mol. The van der Waals surface area contributed by atoms with Crippen molar-refractivity contribution in [3.8, 4) is 5.75 Å². The Morgan fingerprint density at radius 1 is 1.30 bits per heavy atom. The van der Waals surface area contributed by atoms with Crippen LogP contribution < -0.4 is 9.64 Å². The number of benzene rings is 1. The summed E-state index contributed by atoms with van der Waals surface area (Å²) in [6, 6.07) is 5.66. The highest BCUT2D eigenvalue weighted by Gasteiger charge is 2.34. The number of hydrogen-bond acceptors (Lipinski definition) is 5. The van der Waals surface area contributed by atoms with E-state index in [9.17, 15) is 17.6 Å². The van der Waals surface area contributed by atoms with Gasteiger partial charge < -0.3 is 9.64 Å². The molecule has 0 aliphatic carbocycles. The molecule has 0 amide bonds. The average molecular weight is 384 g/mol. The van der Waals surface area contributed by atoms with Gasteiger partial charge in [0.15, 0.2) is 11.6 Å². The maximum atomic E-state index is 13.8. The van der Waals surface area contributed by atoms with Crippen LogP contribution in [0.1, 0.15) is 17.7 Å². The van der Waals surface area contributed by atoms with Gasteiger partial charge in [0.2, 0.25) is 5.95 Å². The van der Waals surface area contributed by atoms with E-state index < -0.39 is 17.7 Å². The average Bonchev–Trinajstić information content (AvgIpc) is 3.09. The first-order valence-electron chi connectivity index (χ1n) is 8.46. The summed E-state index contributed by atoms with van der Waals surface area (Å²) in [5, 5.41) is 0. The quantitative estimate of drug-likeness (QED) is 0.740. The molecule has 1 atom stereocenters. The summed E-state index contributed by atoms with van der Waals surface area (Å²) in [6.07, 6.45) is -2.62. The molecule has 1 aromatic heterocycles. The summed E-state index contributed by atoms with van der Waals surface area (Å²) < 4.78 is 57.3. The van der Waals surface area contributed by atoms with Crippen LogP contribution in [0.25, 0.3) is 0 Å². The van der Waals surface area contributed by atoms with Gasteiger partial charge >= 0.3 is 6.18 Å². The number of nitrogens with zero attached hydrogens (tertiary/aromatic N) is 4. The van der Waals surface area contributed by atoms with E-state index in [-0.39, 0.29) is 17.7 Å². The molecule has 0 N–H and O–H groups in total. The molecule has 1 aromatic carbocycles. The molecule has 2 heterocycles. The molecular weight excluding hydrogens is 364 g/mol. The minimum Gasteiger partial charge on any atom is -0.494 e. The van der Waals surface area contributed by atoms with Gasteiger partial charge in [0.05, 0.1) is 7.11 Å². The zero-order valence-corrected chi connectivity index (χ0v) is 15.0. The first kappa shape index (κ1) is 19.3. The zero-order valence-electron chi connectivity index (χ0n) is 15.0. The zero-order chi connectivity index (χ0) is 19.6. The summed E-state index contributed by atoms with van der Waals surface area (Å²) in [4.78, 5) is 11.4. The number of ether oxygens (including phenoxy) is 1. The number of likely N-dealkylation sites (N-methyl/N-ethyl adjacent to an activating group) is 1. The van der Waals surface area contributed by atoms with Gasteiger partial charge in [-0.1, -0.05) is 6.07 Å². The number of anilines is 1. The first-order chi connectivity index (χ1) is 12.8. The number of alkyl halides is 3. The van der Waals surface area contributed by atoms with E-state index in [2.05, 4.69) is 14.9 Å². The Bertz CT molecular complexity index is 799. The molecule has 9 heteroatoms. The Morgan fingerprint density at radius 3 is 2.74 bits per heavy atom. The van der Waals surface area contributed by atoms with E-state index in [0.717, 1.165) is 30.8 Å². The van der Waals surface area contributed by atoms with Crippen molar-refractivity contribution in [2.45, 2.75) is 25.2 Å². The lowest BCUT2D eigenvalue weighted by molar-refractivity contribution is -0.141. The fraction of sp³-hybridized carbons (Fsp3) is 0.444. The predicted octanol–water partition coefficient (Wildman–Crippen LogP) is 3.35. The van der Waals surface area contributed by atoms with E-state index >= 15 is 0 Å². The van der Waals surface area contributed by atoms with Crippen LogP contribution in [0.15, 0.2) is 30.5 Å². The lowest BCUT2D eigenvalue weighted by Crippen LogP contribution is -2.35. The number of methoxy groups -OCH3 is 1. The van der Waals surface area contributed by atoms with Crippen LogP contribution >= 0.6 is 0 Å². The first-order valence-corrected chi connectivity index (χ1v) is 8.46. The second-order valence-corrected chi connectivity index (χ2v) is 6.50. The topological polar surface area (TPSA) is 41.5 Å². The van der Waals surface area contributed by atoms with E-state index in [0.29, 0.717) is 13.1 Å². The van der Waals surface area contributed by atoms with Gasteiger partial charge in [0, 0.05) is 38.9 Å². The second kappa shape index (κ2) is 7.67. The van der Waals surface area contributed by atoms with Gasteiger partial charge in [-0.3, -0.25) is 4.90 Å². The van der Waals surface area contributed by atoms with Crippen LogP contribution in [0.4, 0.5) is 23.5 Å². The molecular formula is C18H20F4N4O. The highest BCUT2D eigenvalue weighted by Crippen LogP contribution is 2.29. The third-order valence-electron chi connectivity index (χ3n) is 4.67. The van der Waals surface area contributed by atoms with Crippen molar-refractivity contribution in [2.75, 3.05) is 32.1 Å². The highest BCUT2D eigenvalue weighted by molar-refractivity contribution is 5.32. The van der Waals surface area contributed by atoms with Crippen molar-refractivity contribution >= 4 is 5.95 Å². The molecule has 1 aliphatic rings. The van der Waals surface area contributed by atoms with E-state index in [1.165, 1.54) is 13.2 Å². The molecule has 2 aromatic rings. The third-order valence-corrected chi connectivity index (χ3v) is 4.67. The smallest absolute Gasteiger partial charge is 0.433 e. The molecule has 146 valence electrons. The standard InChI is InChI=1S/C18H20F4N4O/c1-25(17-23-7-5-16(24-17)18(20,21)22)13-6-8-26(11-13)10-12-3-4-15(27-2)14(19)9-12/h3-5,7,9,13H,6,8,10-11H2,1-2H3. The van der Waals surface area contributed by atoms with Crippen LogP contribution in [-0.4, -0.2) is 48.2 Å². The molecule has 0 saturated carbocycles. The lowest BCUT2D eigenvalue weighted by Gasteiger charge is -2.25. The van der Waals surface area contributed by atoms with Crippen molar-refractivity contribution in [1.29, 1.82) is 0 Å². The Morgan fingerprint density at radius 2 is 2.07 bits per heavy atom. The van der Waals surface area contributed by atoms with Crippen LogP contribution in [0.3, 0.4) is 0 Å². The molecule has 1 unspecified atom stereocenters. The van der Waals surface area contributed by atoms with Crippen LogP contribution in [0, 0.1) is 5.82 Å². The van der Waals surface area contributed by atoms with Gasteiger partial charge in [-0.15, -0.1) is 0 Å². The fourth-order valence-corrected chi connectivity index (χ4v) is 3.18. The third kappa shape index (κ3) is 4.47. The van der Waals surface area contributed by atoms with Gasteiger partial charge in [-0.25, -0.2) is 14.4 Å². The summed E-state index contributed by atoms with van der Waals surface area (Å²) >= 11 is 0. The number of rotatable bonds is 5. The van der Waals surface area contributed by atoms with Gasteiger partial charge in [-0.05, 0) is 30.2 Å². The van der Waals surface area contributed by atoms with Crippen LogP contribution in [0.2, 0.25) is 0 Å². The molecule has 0 spiro atoms. The van der Waals surface area contributed by atoms with E-state index in [1.54, 1.807) is 24.1 Å². The summed E-state index contributed by atoms with van der Waals surface area (Å²) in [5.74, 6) is -0.174. The molecule has 1 fully saturated rings. The van der Waals surface area contributed by atoms with E-state index in [4.69, 9.17) is 4.74 Å². The maximum Gasteiger partial charge on any atom is 0.433 e. The Kier molecular flexibility index (Phi) is 5.50. The Hall–Kier alpha value is -2.42. The van der Waals surface area contributed by atoms with E-state index in [1.807, 2.05) is 0 Å². The summed E-state index contributed by atoms with van der Waals surface area (Å²) in [7, 11) is 3.10. The normalized spacial score (nSPS) is 17.9.